The molecule has 1 atom stereocenters. The van der Waals surface area contributed by atoms with Crippen LogP contribution in [0.2, 0.25) is 5.02 Å². The van der Waals surface area contributed by atoms with Crippen molar-refractivity contribution < 1.29 is 0 Å². The third-order valence-electron chi connectivity index (χ3n) is 4.13. The van der Waals surface area contributed by atoms with Gasteiger partial charge in [0.25, 0.3) is 0 Å². The number of nitrogens with zero attached hydrogens (tertiary/aromatic N) is 5. The Morgan fingerprint density at radius 3 is 2.68 bits per heavy atom. The quantitative estimate of drug-likeness (QED) is 0.933. The van der Waals surface area contributed by atoms with Crippen LogP contribution in [0.25, 0.3) is 0 Å². The maximum atomic E-state index is 6.21. The second kappa shape index (κ2) is 6.46. The highest BCUT2D eigenvalue weighted by atomic mass is 35.5. The van der Waals surface area contributed by atoms with Gasteiger partial charge in [0.2, 0.25) is 0 Å². The van der Waals surface area contributed by atoms with Crippen molar-refractivity contribution >= 4 is 23.2 Å². The highest BCUT2D eigenvalue weighted by Crippen LogP contribution is 2.29. The number of hydrogen-bond acceptors (Lipinski definition) is 6. The van der Waals surface area contributed by atoms with Crippen LogP contribution < -0.4 is 10.6 Å². The fourth-order valence-electron chi connectivity index (χ4n) is 2.75. The van der Waals surface area contributed by atoms with E-state index in [0.29, 0.717) is 16.9 Å². The SMILES string of the molecule is C[C@H](c1cccnc1)N1CCN(c2ncnc(N)c2Cl)CC1. The molecule has 1 aliphatic rings. The van der Waals surface area contributed by atoms with Gasteiger partial charge in [0.15, 0.2) is 5.82 Å². The number of nitrogen functional groups attached to an aromatic ring is 1. The Bertz CT molecular complexity index is 627. The third kappa shape index (κ3) is 2.98. The summed E-state index contributed by atoms with van der Waals surface area (Å²) >= 11 is 6.21. The smallest absolute Gasteiger partial charge is 0.153 e. The number of anilines is 2. The van der Waals surface area contributed by atoms with Gasteiger partial charge in [-0.25, -0.2) is 9.97 Å². The van der Waals surface area contributed by atoms with Crippen LogP contribution in [0.4, 0.5) is 11.6 Å². The van der Waals surface area contributed by atoms with Crippen LogP contribution in [-0.4, -0.2) is 46.0 Å². The molecular formula is C15H19ClN6. The molecule has 0 radical (unpaired) electrons. The molecule has 2 aromatic rings. The van der Waals surface area contributed by atoms with Crippen molar-refractivity contribution in [1.29, 1.82) is 0 Å². The summed E-state index contributed by atoms with van der Waals surface area (Å²) in [7, 11) is 0. The molecule has 0 aromatic carbocycles. The molecule has 0 saturated carbocycles. The molecule has 2 aromatic heterocycles. The Balaban J connectivity index is 1.66. The van der Waals surface area contributed by atoms with Gasteiger partial charge in [-0.3, -0.25) is 9.88 Å². The van der Waals surface area contributed by atoms with E-state index in [4.69, 9.17) is 17.3 Å². The Hall–Kier alpha value is -1.92. The van der Waals surface area contributed by atoms with Crippen molar-refractivity contribution in [2.45, 2.75) is 13.0 Å². The van der Waals surface area contributed by atoms with E-state index >= 15 is 0 Å². The summed E-state index contributed by atoms with van der Waals surface area (Å²) in [6, 6.07) is 4.44. The molecule has 0 amide bonds. The van der Waals surface area contributed by atoms with Crippen LogP contribution in [0, 0.1) is 0 Å². The summed E-state index contributed by atoms with van der Waals surface area (Å²) in [5.41, 5.74) is 6.99. The predicted molar refractivity (Wildman–Crippen MR) is 87.9 cm³/mol. The van der Waals surface area contributed by atoms with Crippen molar-refractivity contribution in [3.63, 3.8) is 0 Å². The van der Waals surface area contributed by atoms with Crippen LogP contribution >= 0.6 is 11.6 Å². The number of hydrogen-bond donors (Lipinski definition) is 1. The fourth-order valence-corrected chi connectivity index (χ4v) is 2.97. The summed E-state index contributed by atoms with van der Waals surface area (Å²) in [5, 5.41) is 0.441. The zero-order chi connectivity index (χ0) is 15.5. The third-order valence-corrected chi connectivity index (χ3v) is 4.49. The normalized spacial score (nSPS) is 17.5. The van der Waals surface area contributed by atoms with E-state index in [0.717, 1.165) is 32.0 Å². The second-order valence-corrected chi connectivity index (χ2v) is 5.76. The summed E-state index contributed by atoms with van der Waals surface area (Å²) in [4.78, 5) is 17.0. The van der Waals surface area contributed by atoms with Crippen molar-refractivity contribution in [3.05, 3.63) is 41.4 Å². The second-order valence-electron chi connectivity index (χ2n) is 5.38. The molecule has 0 unspecified atom stereocenters. The van der Waals surface area contributed by atoms with Gasteiger partial charge in [-0.05, 0) is 18.6 Å². The lowest BCUT2D eigenvalue weighted by Gasteiger charge is -2.38. The average molecular weight is 319 g/mol. The Labute approximate surface area is 134 Å². The van der Waals surface area contributed by atoms with Crippen molar-refractivity contribution in [2.75, 3.05) is 36.8 Å². The first-order chi connectivity index (χ1) is 10.7. The number of aromatic nitrogens is 3. The molecule has 7 heteroatoms. The minimum atomic E-state index is 0.331. The molecule has 116 valence electrons. The van der Waals surface area contributed by atoms with Gasteiger partial charge < -0.3 is 10.6 Å². The van der Waals surface area contributed by atoms with Crippen LogP contribution in [0.1, 0.15) is 18.5 Å². The zero-order valence-corrected chi connectivity index (χ0v) is 13.2. The van der Waals surface area contributed by atoms with Gasteiger partial charge >= 0.3 is 0 Å². The maximum absolute atomic E-state index is 6.21. The first-order valence-electron chi connectivity index (χ1n) is 7.31. The van der Waals surface area contributed by atoms with E-state index < -0.39 is 0 Å². The van der Waals surface area contributed by atoms with E-state index in [2.05, 4.69) is 37.7 Å². The predicted octanol–water partition coefficient (Wildman–Crippen LogP) is 1.99. The minimum absolute atomic E-state index is 0.331. The number of halogens is 1. The van der Waals surface area contributed by atoms with Gasteiger partial charge in [-0.2, -0.15) is 0 Å². The molecule has 2 N–H and O–H groups in total. The zero-order valence-electron chi connectivity index (χ0n) is 12.5. The highest BCUT2D eigenvalue weighted by molar-refractivity contribution is 6.35. The first-order valence-corrected chi connectivity index (χ1v) is 7.69. The van der Waals surface area contributed by atoms with Crippen molar-refractivity contribution in [1.82, 2.24) is 19.9 Å². The summed E-state index contributed by atoms with van der Waals surface area (Å²) in [6.45, 7) is 5.82. The molecular weight excluding hydrogens is 300 g/mol. The van der Waals surface area contributed by atoms with Gasteiger partial charge in [-0.15, -0.1) is 0 Å². The van der Waals surface area contributed by atoms with Gasteiger partial charge in [0, 0.05) is 44.6 Å². The Morgan fingerprint density at radius 2 is 2.00 bits per heavy atom. The molecule has 0 spiro atoms. The van der Waals surface area contributed by atoms with Gasteiger partial charge in [-0.1, -0.05) is 17.7 Å². The van der Waals surface area contributed by atoms with E-state index in [1.807, 2.05) is 12.3 Å². The van der Waals surface area contributed by atoms with E-state index in [-0.39, 0.29) is 0 Å². The standard InChI is InChI=1S/C15H19ClN6/c1-11(12-3-2-4-18-9-12)21-5-7-22(8-6-21)15-13(16)14(17)19-10-20-15/h2-4,9-11H,5-8H2,1H3,(H2,17,19,20)/t11-/m1/s1. The fraction of sp³-hybridized carbons (Fsp3) is 0.400. The summed E-state index contributed by atoms with van der Waals surface area (Å²) < 4.78 is 0. The van der Waals surface area contributed by atoms with Gasteiger partial charge in [0.05, 0.1) is 0 Å². The molecule has 1 fully saturated rings. The molecule has 22 heavy (non-hydrogen) atoms. The van der Waals surface area contributed by atoms with Crippen molar-refractivity contribution in [3.8, 4) is 0 Å². The van der Waals surface area contributed by atoms with Crippen LogP contribution in [0.5, 0.6) is 0 Å². The van der Waals surface area contributed by atoms with Crippen molar-refractivity contribution in [2.24, 2.45) is 0 Å². The molecule has 6 nitrogen and oxygen atoms in total. The minimum Gasteiger partial charge on any atom is -0.382 e. The molecule has 0 bridgehead atoms. The summed E-state index contributed by atoms with van der Waals surface area (Å²) in [6.07, 6.45) is 5.19. The van der Waals surface area contributed by atoms with Gasteiger partial charge in [0.1, 0.15) is 17.2 Å². The topological polar surface area (TPSA) is 71.2 Å². The number of pyridine rings is 1. The lowest BCUT2D eigenvalue weighted by molar-refractivity contribution is 0.198. The highest BCUT2D eigenvalue weighted by Gasteiger charge is 2.24. The lowest BCUT2D eigenvalue weighted by atomic mass is 10.1. The number of nitrogens with two attached hydrogens (primary N) is 1. The molecule has 1 saturated heterocycles. The van der Waals surface area contributed by atoms with E-state index in [9.17, 15) is 0 Å². The first kappa shape index (κ1) is 15.0. The molecule has 3 rings (SSSR count). The monoisotopic (exact) mass is 318 g/mol. The number of piperazine rings is 1. The van der Waals surface area contributed by atoms with E-state index in [1.165, 1.54) is 11.9 Å². The van der Waals surface area contributed by atoms with Crippen LogP contribution in [-0.2, 0) is 0 Å². The average Bonchev–Trinajstić information content (AvgIpc) is 2.58. The lowest BCUT2D eigenvalue weighted by Crippen LogP contribution is -2.47. The Kier molecular flexibility index (Phi) is 4.40. The molecule has 1 aliphatic heterocycles. The van der Waals surface area contributed by atoms with Crippen LogP contribution in [0.3, 0.4) is 0 Å². The Morgan fingerprint density at radius 1 is 1.23 bits per heavy atom. The van der Waals surface area contributed by atoms with Crippen LogP contribution in [0.15, 0.2) is 30.9 Å². The number of rotatable bonds is 3. The van der Waals surface area contributed by atoms with E-state index in [1.54, 1.807) is 6.20 Å². The molecule has 0 aliphatic carbocycles. The summed E-state index contributed by atoms with van der Waals surface area (Å²) in [5.74, 6) is 1.06. The molecule has 3 heterocycles. The maximum Gasteiger partial charge on any atom is 0.153 e. The largest absolute Gasteiger partial charge is 0.382 e.